The zero-order valence-corrected chi connectivity index (χ0v) is 11.3. The van der Waals surface area contributed by atoms with Crippen LogP contribution >= 0.6 is 0 Å². The highest BCUT2D eigenvalue weighted by atomic mass is 16.5. The Balaban J connectivity index is 1.83. The molecule has 0 radical (unpaired) electrons. The summed E-state index contributed by atoms with van der Waals surface area (Å²) in [5, 5.41) is 3.15. The first-order chi connectivity index (χ1) is 9.29. The van der Waals surface area contributed by atoms with Crippen LogP contribution in [0.4, 0.5) is 0 Å². The van der Waals surface area contributed by atoms with Crippen molar-refractivity contribution in [3.05, 3.63) is 54.1 Å². The first-order valence-corrected chi connectivity index (χ1v) is 6.45. The fraction of sp³-hybridized carbons (Fsp3) is 0.333. The lowest BCUT2D eigenvalue weighted by Crippen LogP contribution is -2.13. The van der Waals surface area contributed by atoms with Crippen LogP contribution in [0.2, 0.25) is 0 Å². The SMILES string of the molecule is CNC(C)c1ccc(OCCc2ccccn2)cn1. The van der Waals surface area contributed by atoms with Crippen LogP contribution in [0.25, 0.3) is 0 Å². The predicted molar refractivity (Wildman–Crippen MR) is 75.1 cm³/mol. The van der Waals surface area contributed by atoms with Gasteiger partial charge in [0.15, 0.2) is 0 Å². The van der Waals surface area contributed by atoms with Gasteiger partial charge in [-0.25, -0.2) is 0 Å². The van der Waals surface area contributed by atoms with Gasteiger partial charge in [0.25, 0.3) is 0 Å². The van der Waals surface area contributed by atoms with Crippen molar-refractivity contribution in [2.45, 2.75) is 19.4 Å². The van der Waals surface area contributed by atoms with Crippen LogP contribution in [0.3, 0.4) is 0 Å². The molecule has 0 saturated carbocycles. The third kappa shape index (κ3) is 4.03. The smallest absolute Gasteiger partial charge is 0.137 e. The van der Waals surface area contributed by atoms with E-state index in [9.17, 15) is 0 Å². The molecular weight excluding hydrogens is 238 g/mol. The summed E-state index contributed by atoms with van der Waals surface area (Å²) in [5.41, 5.74) is 2.05. The van der Waals surface area contributed by atoms with E-state index in [1.165, 1.54) is 0 Å². The number of nitrogens with zero attached hydrogens (tertiary/aromatic N) is 2. The topological polar surface area (TPSA) is 47.0 Å². The molecule has 2 heterocycles. The largest absolute Gasteiger partial charge is 0.492 e. The summed E-state index contributed by atoms with van der Waals surface area (Å²) in [6.07, 6.45) is 4.36. The molecule has 2 rings (SSSR count). The molecule has 4 heteroatoms. The highest BCUT2D eigenvalue weighted by molar-refractivity contribution is 5.21. The van der Waals surface area contributed by atoms with Gasteiger partial charge in [0.05, 0.1) is 18.5 Å². The summed E-state index contributed by atoms with van der Waals surface area (Å²) in [6.45, 7) is 2.68. The minimum absolute atomic E-state index is 0.252. The number of aromatic nitrogens is 2. The Hall–Kier alpha value is -1.94. The van der Waals surface area contributed by atoms with E-state index in [4.69, 9.17) is 4.74 Å². The third-order valence-electron chi connectivity index (χ3n) is 2.99. The van der Waals surface area contributed by atoms with E-state index in [2.05, 4.69) is 22.2 Å². The van der Waals surface area contributed by atoms with Crippen molar-refractivity contribution in [3.8, 4) is 5.75 Å². The number of hydrogen-bond donors (Lipinski definition) is 1. The van der Waals surface area contributed by atoms with Crippen molar-refractivity contribution in [2.75, 3.05) is 13.7 Å². The Morgan fingerprint density at radius 2 is 2.11 bits per heavy atom. The maximum atomic E-state index is 5.66. The molecule has 0 spiro atoms. The van der Waals surface area contributed by atoms with Gasteiger partial charge in [-0.1, -0.05) is 6.07 Å². The van der Waals surface area contributed by atoms with E-state index in [0.717, 1.165) is 23.6 Å². The molecule has 2 aromatic heterocycles. The summed E-state index contributed by atoms with van der Waals surface area (Å²) >= 11 is 0. The number of hydrogen-bond acceptors (Lipinski definition) is 4. The van der Waals surface area contributed by atoms with Gasteiger partial charge in [0.1, 0.15) is 5.75 Å². The average Bonchev–Trinajstić information content (AvgIpc) is 2.48. The normalized spacial score (nSPS) is 12.1. The third-order valence-corrected chi connectivity index (χ3v) is 2.99. The molecule has 0 bridgehead atoms. The van der Waals surface area contributed by atoms with E-state index < -0.39 is 0 Å². The van der Waals surface area contributed by atoms with Gasteiger partial charge >= 0.3 is 0 Å². The maximum absolute atomic E-state index is 5.66. The van der Waals surface area contributed by atoms with Crippen LogP contribution in [0.1, 0.15) is 24.4 Å². The highest BCUT2D eigenvalue weighted by Crippen LogP contribution is 2.14. The van der Waals surface area contributed by atoms with Gasteiger partial charge < -0.3 is 10.1 Å². The molecule has 1 N–H and O–H groups in total. The van der Waals surface area contributed by atoms with Crippen LogP contribution in [-0.4, -0.2) is 23.6 Å². The molecule has 0 fully saturated rings. The summed E-state index contributed by atoms with van der Waals surface area (Å²) in [6, 6.07) is 10.1. The van der Waals surface area contributed by atoms with Crippen molar-refractivity contribution in [2.24, 2.45) is 0 Å². The molecular formula is C15H19N3O. The second kappa shape index (κ2) is 6.85. The molecule has 2 aromatic rings. The lowest BCUT2D eigenvalue weighted by Gasteiger charge is -2.10. The summed E-state index contributed by atoms with van der Waals surface area (Å²) in [5.74, 6) is 0.794. The predicted octanol–water partition coefficient (Wildman–Crippen LogP) is 2.38. The average molecular weight is 257 g/mol. The summed E-state index contributed by atoms with van der Waals surface area (Å²) in [7, 11) is 1.92. The first kappa shape index (κ1) is 13.5. The van der Waals surface area contributed by atoms with Gasteiger partial charge in [-0.15, -0.1) is 0 Å². The van der Waals surface area contributed by atoms with Crippen LogP contribution in [-0.2, 0) is 6.42 Å². The minimum Gasteiger partial charge on any atom is -0.492 e. The summed E-state index contributed by atoms with van der Waals surface area (Å²) in [4.78, 5) is 8.63. The van der Waals surface area contributed by atoms with E-state index in [0.29, 0.717) is 6.61 Å². The van der Waals surface area contributed by atoms with Gasteiger partial charge in [-0.2, -0.15) is 0 Å². The van der Waals surface area contributed by atoms with E-state index in [1.807, 2.05) is 37.4 Å². The zero-order chi connectivity index (χ0) is 13.5. The standard InChI is InChI=1S/C15H19N3O/c1-12(16-2)15-7-6-14(11-18-15)19-10-8-13-5-3-4-9-17-13/h3-7,9,11-12,16H,8,10H2,1-2H3. The van der Waals surface area contributed by atoms with Crippen LogP contribution in [0.15, 0.2) is 42.7 Å². The van der Waals surface area contributed by atoms with Crippen LogP contribution < -0.4 is 10.1 Å². The maximum Gasteiger partial charge on any atom is 0.137 e. The Morgan fingerprint density at radius 3 is 2.74 bits per heavy atom. The van der Waals surface area contributed by atoms with Gasteiger partial charge in [-0.3, -0.25) is 9.97 Å². The lowest BCUT2D eigenvalue weighted by molar-refractivity contribution is 0.319. The molecule has 0 amide bonds. The van der Waals surface area contributed by atoms with Gasteiger partial charge in [0.2, 0.25) is 0 Å². The van der Waals surface area contributed by atoms with Crippen molar-refractivity contribution in [1.82, 2.24) is 15.3 Å². The van der Waals surface area contributed by atoms with Crippen molar-refractivity contribution < 1.29 is 4.74 Å². The molecule has 0 aliphatic rings. The monoisotopic (exact) mass is 257 g/mol. The molecule has 100 valence electrons. The second-order valence-corrected chi connectivity index (χ2v) is 4.35. The number of nitrogens with one attached hydrogen (secondary N) is 1. The van der Waals surface area contributed by atoms with Gasteiger partial charge in [-0.05, 0) is 38.2 Å². The van der Waals surface area contributed by atoms with Crippen molar-refractivity contribution in [3.63, 3.8) is 0 Å². The van der Waals surface area contributed by atoms with E-state index >= 15 is 0 Å². The zero-order valence-electron chi connectivity index (χ0n) is 11.3. The number of ether oxygens (including phenoxy) is 1. The molecule has 0 saturated heterocycles. The summed E-state index contributed by atoms with van der Waals surface area (Å²) < 4.78 is 5.66. The quantitative estimate of drug-likeness (QED) is 0.863. The minimum atomic E-state index is 0.252. The number of pyridine rings is 2. The molecule has 1 unspecified atom stereocenters. The van der Waals surface area contributed by atoms with E-state index in [-0.39, 0.29) is 6.04 Å². The fourth-order valence-corrected chi connectivity index (χ4v) is 1.70. The molecule has 0 aliphatic carbocycles. The number of rotatable bonds is 6. The molecule has 0 aromatic carbocycles. The van der Waals surface area contributed by atoms with Crippen LogP contribution in [0, 0.1) is 0 Å². The highest BCUT2D eigenvalue weighted by Gasteiger charge is 2.03. The molecule has 19 heavy (non-hydrogen) atoms. The molecule has 0 aliphatic heterocycles. The van der Waals surface area contributed by atoms with E-state index in [1.54, 1.807) is 12.4 Å². The fourth-order valence-electron chi connectivity index (χ4n) is 1.70. The van der Waals surface area contributed by atoms with Crippen molar-refractivity contribution in [1.29, 1.82) is 0 Å². The molecule has 1 atom stereocenters. The second-order valence-electron chi connectivity index (χ2n) is 4.35. The van der Waals surface area contributed by atoms with Crippen LogP contribution in [0.5, 0.6) is 5.75 Å². The Morgan fingerprint density at radius 1 is 1.21 bits per heavy atom. The Bertz CT molecular complexity index is 485. The Labute approximate surface area is 113 Å². The Kier molecular flexibility index (Phi) is 4.86. The van der Waals surface area contributed by atoms with Gasteiger partial charge in [0, 0.05) is 24.4 Å². The first-order valence-electron chi connectivity index (χ1n) is 6.45. The van der Waals surface area contributed by atoms with Crippen molar-refractivity contribution >= 4 is 0 Å². The molecule has 4 nitrogen and oxygen atoms in total. The lowest BCUT2D eigenvalue weighted by atomic mass is 10.2.